The molecule has 4 aliphatic rings. The summed E-state index contributed by atoms with van der Waals surface area (Å²) in [5.41, 5.74) is 2.58. The van der Waals surface area contributed by atoms with E-state index in [-0.39, 0.29) is 18.2 Å². The fraction of sp³-hybridized carbons (Fsp3) is 0.524. The highest BCUT2D eigenvalue weighted by Gasteiger charge is 2.45. The summed E-state index contributed by atoms with van der Waals surface area (Å²) in [6.45, 7) is 10.7. The predicted octanol–water partition coefficient (Wildman–Crippen LogP) is 6.28. The van der Waals surface area contributed by atoms with Crippen LogP contribution in [-0.4, -0.2) is 109 Å². The molecule has 2 bridgehead atoms. The number of likely N-dealkylation sites (N-methyl/N-ethyl adjacent to an activating group) is 1. The molecule has 4 aliphatic heterocycles. The van der Waals surface area contributed by atoms with Gasteiger partial charge in [0.15, 0.2) is 0 Å². The van der Waals surface area contributed by atoms with Gasteiger partial charge in [0.1, 0.15) is 41.2 Å². The molecular formula is C42H54N8O5. The number of rotatable bonds is 10. The molecule has 8 rings (SSSR count). The van der Waals surface area contributed by atoms with E-state index in [1.807, 2.05) is 43.9 Å². The van der Waals surface area contributed by atoms with Crippen LogP contribution in [0.5, 0.6) is 17.5 Å². The molecular weight excluding hydrogens is 697 g/mol. The summed E-state index contributed by atoms with van der Waals surface area (Å²) in [6.07, 6.45) is 4.72. The normalized spacial score (nSPS) is 21.1. The van der Waals surface area contributed by atoms with E-state index < -0.39 is 5.60 Å². The Morgan fingerprint density at radius 2 is 1.71 bits per heavy atom. The SMILES string of the molecule is COc1ccc(CNc2cc3ccccc3c(N3CCc4c(nc(OC[C@@H]5CCCN5C)nc4N4C[C@H]5CC[C@@H](C4)N5C(=O)OC(C)(C)C)C3)n2)c(OC)c1. The Labute approximate surface area is 323 Å². The van der Waals surface area contributed by atoms with E-state index in [2.05, 4.69) is 57.4 Å². The molecule has 6 heterocycles. The Hall–Kier alpha value is -5.04. The van der Waals surface area contributed by atoms with Crippen LogP contribution in [0.1, 0.15) is 63.3 Å². The fourth-order valence-electron chi connectivity index (χ4n) is 8.64. The molecule has 13 heteroatoms. The quantitative estimate of drug-likeness (QED) is 0.197. The Kier molecular flexibility index (Phi) is 10.2. The van der Waals surface area contributed by atoms with Crippen LogP contribution < -0.4 is 29.3 Å². The minimum Gasteiger partial charge on any atom is -0.497 e. The number of nitrogens with zero attached hydrogens (tertiary/aromatic N) is 7. The first-order chi connectivity index (χ1) is 26.6. The number of ether oxygens (including phenoxy) is 4. The van der Waals surface area contributed by atoms with E-state index >= 15 is 0 Å². The number of aromatic nitrogens is 3. The number of piperazine rings is 1. The molecule has 55 heavy (non-hydrogen) atoms. The molecule has 3 fully saturated rings. The van der Waals surface area contributed by atoms with Gasteiger partial charge < -0.3 is 39.0 Å². The molecule has 1 N–H and O–H groups in total. The smallest absolute Gasteiger partial charge is 0.410 e. The van der Waals surface area contributed by atoms with E-state index in [1.165, 1.54) is 6.42 Å². The van der Waals surface area contributed by atoms with Gasteiger partial charge in [-0.05, 0) is 90.1 Å². The fourth-order valence-corrected chi connectivity index (χ4v) is 8.64. The zero-order valence-electron chi connectivity index (χ0n) is 33.0. The lowest BCUT2D eigenvalue weighted by Gasteiger charge is -2.43. The lowest BCUT2D eigenvalue weighted by molar-refractivity contribution is 0.0122. The molecule has 0 spiro atoms. The Morgan fingerprint density at radius 3 is 2.44 bits per heavy atom. The van der Waals surface area contributed by atoms with Gasteiger partial charge in [-0.25, -0.2) is 9.78 Å². The van der Waals surface area contributed by atoms with Gasteiger partial charge in [0, 0.05) is 54.8 Å². The topological polar surface area (TPSA) is 118 Å². The summed E-state index contributed by atoms with van der Waals surface area (Å²) in [5.74, 6) is 4.13. The summed E-state index contributed by atoms with van der Waals surface area (Å²) in [4.78, 5) is 37.8. The van der Waals surface area contributed by atoms with Gasteiger partial charge in [-0.15, -0.1) is 0 Å². The minimum atomic E-state index is -0.537. The van der Waals surface area contributed by atoms with Crippen molar-refractivity contribution < 1.29 is 23.7 Å². The van der Waals surface area contributed by atoms with E-state index in [0.29, 0.717) is 44.8 Å². The van der Waals surface area contributed by atoms with E-state index in [1.54, 1.807) is 14.2 Å². The zero-order valence-corrected chi connectivity index (χ0v) is 33.0. The summed E-state index contributed by atoms with van der Waals surface area (Å²) in [5, 5.41) is 5.75. The molecule has 4 aromatic rings. The summed E-state index contributed by atoms with van der Waals surface area (Å²) < 4.78 is 23.3. The van der Waals surface area contributed by atoms with E-state index in [9.17, 15) is 4.79 Å². The average Bonchev–Trinajstić information content (AvgIpc) is 3.72. The molecule has 13 nitrogen and oxygen atoms in total. The van der Waals surface area contributed by atoms with Crippen molar-refractivity contribution in [2.45, 2.75) is 89.7 Å². The van der Waals surface area contributed by atoms with Crippen LogP contribution in [0.3, 0.4) is 0 Å². The van der Waals surface area contributed by atoms with Crippen LogP contribution in [0.15, 0.2) is 48.5 Å². The van der Waals surface area contributed by atoms with Crippen LogP contribution in [0.25, 0.3) is 10.8 Å². The monoisotopic (exact) mass is 750 g/mol. The number of hydrogen-bond acceptors (Lipinski definition) is 12. The van der Waals surface area contributed by atoms with Gasteiger partial charge in [-0.1, -0.05) is 24.3 Å². The number of fused-ring (bicyclic) bond motifs is 4. The number of hydrogen-bond donors (Lipinski definition) is 1. The van der Waals surface area contributed by atoms with Gasteiger partial charge in [0.2, 0.25) is 0 Å². The third kappa shape index (κ3) is 7.76. The molecule has 0 unspecified atom stereocenters. The van der Waals surface area contributed by atoms with Crippen LogP contribution in [0.4, 0.5) is 22.2 Å². The Bertz CT molecular complexity index is 2020. The van der Waals surface area contributed by atoms with Crippen LogP contribution in [0, 0.1) is 0 Å². The van der Waals surface area contributed by atoms with Gasteiger partial charge >= 0.3 is 12.1 Å². The van der Waals surface area contributed by atoms with Crippen molar-refractivity contribution in [1.29, 1.82) is 0 Å². The maximum absolute atomic E-state index is 13.3. The third-order valence-corrected chi connectivity index (χ3v) is 11.5. The summed E-state index contributed by atoms with van der Waals surface area (Å²) in [6, 6.07) is 17.3. The zero-order chi connectivity index (χ0) is 38.3. The highest BCUT2D eigenvalue weighted by atomic mass is 16.6. The van der Waals surface area contributed by atoms with Crippen molar-refractivity contribution in [3.05, 3.63) is 65.4 Å². The minimum absolute atomic E-state index is 0.0690. The number of likely N-dealkylation sites (tertiary alicyclic amines) is 1. The van der Waals surface area contributed by atoms with Gasteiger partial charge in [-0.3, -0.25) is 4.90 Å². The van der Waals surface area contributed by atoms with E-state index in [4.69, 9.17) is 33.9 Å². The number of pyridine rings is 1. The van der Waals surface area contributed by atoms with Gasteiger partial charge in [0.25, 0.3) is 0 Å². The maximum atomic E-state index is 13.3. The van der Waals surface area contributed by atoms with Crippen molar-refractivity contribution in [3.63, 3.8) is 0 Å². The second kappa shape index (κ2) is 15.2. The first-order valence-corrected chi connectivity index (χ1v) is 19.7. The standard InChI is InChI=1S/C42H54N8O5/c1-42(2,3)55-41(51)50-29-14-15-30(50)24-49(23-29)39-34-17-19-48(25-35(34)44-40(46-39)54-26-31-11-9-18-47(31)4)38-33-12-8-7-10-27(33)20-37(45-38)43-22-28-13-16-32(52-5)21-36(28)53-6/h7-8,10,12-13,16,20-21,29-31H,9,11,14-15,17-19,22-26H2,1-6H3,(H,43,45)/t29-,30+,31-/m0/s1. The van der Waals surface area contributed by atoms with Crippen molar-refractivity contribution in [2.24, 2.45) is 0 Å². The van der Waals surface area contributed by atoms with Crippen LogP contribution in [-0.2, 0) is 24.2 Å². The first-order valence-electron chi connectivity index (χ1n) is 19.7. The third-order valence-electron chi connectivity index (χ3n) is 11.5. The van der Waals surface area contributed by atoms with Crippen molar-refractivity contribution in [3.8, 4) is 17.5 Å². The summed E-state index contributed by atoms with van der Waals surface area (Å²) >= 11 is 0. The second-order valence-electron chi connectivity index (χ2n) is 16.3. The number of nitrogens with one attached hydrogen (secondary N) is 1. The molecule has 3 saturated heterocycles. The highest BCUT2D eigenvalue weighted by molar-refractivity contribution is 5.94. The molecule has 0 saturated carbocycles. The molecule has 2 aromatic heterocycles. The van der Waals surface area contributed by atoms with Crippen LogP contribution in [0.2, 0.25) is 0 Å². The summed E-state index contributed by atoms with van der Waals surface area (Å²) in [7, 11) is 5.48. The van der Waals surface area contributed by atoms with Crippen molar-refractivity contribution >= 4 is 34.3 Å². The highest BCUT2D eigenvalue weighted by Crippen LogP contribution is 2.38. The molecule has 0 radical (unpaired) electrons. The molecule has 3 atom stereocenters. The number of amides is 1. The number of carbonyl (C=O) groups excluding carboxylic acids is 1. The molecule has 292 valence electrons. The lowest BCUT2D eigenvalue weighted by atomic mass is 10.0. The van der Waals surface area contributed by atoms with Gasteiger partial charge in [0.05, 0.1) is 38.5 Å². The lowest BCUT2D eigenvalue weighted by Crippen LogP contribution is -2.57. The number of benzene rings is 2. The van der Waals surface area contributed by atoms with E-state index in [0.717, 1.165) is 95.3 Å². The Morgan fingerprint density at radius 1 is 0.909 bits per heavy atom. The number of anilines is 3. The molecule has 0 aliphatic carbocycles. The first kappa shape index (κ1) is 36.9. The maximum Gasteiger partial charge on any atom is 0.410 e. The number of carbonyl (C=O) groups is 1. The second-order valence-corrected chi connectivity index (χ2v) is 16.3. The number of methoxy groups -OCH3 is 2. The van der Waals surface area contributed by atoms with Crippen molar-refractivity contribution in [1.82, 2.24) is 24.8 Å². The van der Waals surface area contributed by atoms with Gasteiger partial charge in [-0.2, -0.15) is 9.97 Å². The largest absolute Gasteiger partial charge is 0.497 e. The van der Waals surface area contributed by atoms with Crippen LogP contribution >= 0.6 is 0 Å². The predicted molar refractivity (Wildman–Crippen MR) is 214 cm³/mol. The molecule has 1 amide bonds. The van der Waals surface area contributed by atoms with Crippen molar-refractivity contribution in [2.75, 3.05) is 69.2 Å². The average molecular weight is 751 g/mol. The molecule has 2 aromatic carbocycles. The Balaban J connectivity index is 1.08.